The molecule has 0 atom stereocenters. The van der Waals surface area contributed by atoms with Crippen LogP contribution < -0.4 is 9.47 Å². The summed E-state index contributed by atoms with van der Waals surface area (Å²) < 4.78 is 39.1. The molecule has 0 spiro atoms. The molecule has 0 saturated carbocycles. The van der Waals surface area contributed by atoms with Crippen LogP contribution in [0.1, 0.15) is 11.1 Å². The Morgan fingerprint density at radius 2 is 1.91 bits per heavy atom. The molecule has 0 aliphatic carbocycles. The van der Waals surface area contributed by atoms with Gasteiger partial charge in [0, 0.05) is 6.26 Å². The molecule has 4 rings (SSSR count). The molecule has 0 unspecified atom stereocenters. The molecule has 1 amide bonds. The third-order valence-corrected chi connectivity index (χ3v) is 6.32. The van der Waals surface area contributed by atoms with E-state index in [1.807, 2.05) is 30.3 Å². The monoisotopic (exact) mass is 470 g/mol. The molecule has 2 heterocycles. The topological polar surface area (TPSA) is 121 Å². The van der Waals surface area contributed by atoms with E-state index in [0.717, 1.165) is 28.7 Å². The van der Waals surface area contributed by atoms with Crippen LogP contribution in [0.2, 0.25) is 0 Å². The average Bonchev–Trinajstić information content (AvgIpc) is 3.20. The number of carbonyl (C=O) groups excluding carboxylic acids is 1. The fourth-order valence-corrected chi connectivity index (χ4v) is 4.88. The molecule has 2 aliphatic rings. The first kappa shape index (κ1) is 21.8. The molecular weight excluding hydrogens is 452 g/mol. The van der Waals surface area contributed by atoms with E-state index in [1.165, 1.54) is 13.2 Å². The standard InChI is InChI=1S/C21H18N4O5S2/c1-29-17-11-14(8-9-16(17)30-12-13-6-4-3-5-7-13)10-15-18(22)25-20(23-19(15)26)31-24-21(25)32(2,27)28/h3-11,22H,12H2,1-2H3/b15-10-,22-18?. The van der Waals surface area contributed by atoms with Gasteiger partial charge in [-0.3, -0.25) is 10.2 Å². The van der Waals surface area contributed by atoms with Crippen LogP contribution in [0.15, 0.2) is 63.5 Å². The minimum atomic E-state index is -3.71. The van der Waals surface area contributed by atoms with Crippen LogP contribution in [0.3, 0.4) is 0 Å². The lowest BCUT2D eigenvalue weighted by Crippen LogP contribution is -2.45. The van der Waals surface area contributed by atoms with Crippen molar-refractivity contribution in [1.29, 1.82) is 5.41 Å². The van der Waals surface area contributed by atoms with Gasteiger partial charge in [0.05, 0.1) is 24.6 Å². The smallest absolute Gasteiger partial charge is 0.283 e. The van der Waals surface area contributed by atoms with Crippen molar-refractivity contribution in [1.82, 2.24) is 4.90 Å². The highest BCUT2D eigenvalue weighted by atomic mass is 32.2. The number of carbonyl (C=O) groups is 1. The Morgan fingerprint density at radius 1 is 1.16 bits per heavy atom. The summed E-state index contributed by atoms with van der Waals surface area (Å²) in [6.07, 6.45) is 2.44. The highest BCUT2D eigenvalue weighted by Gasteiger charge is 2.41. The van der Waals surface area contributed by atoms with Gasteiger partial charge in [-0.05, 0) is 29.3 Å². The second-order valence-corrected chi connectivity index (χ2v) is 9.50. The summed E-state index contributed by atoms with van der Waals surface area (Å²) in [7, 11) is -2.20. The van der Waals surface area contributed by atoms with Crippen LogP contribution in [0.25, 0.3) is 6.08 Å². The Labute approximate surface area is 189 Å². The number of nitrogens with one attached hydrogen (secondary N) is 1. The van der Waals surface area contributed by atoms with Gasteiger partial charge in [0.1, 0.15) is 12.4 Å². The van der Waals surface area contributed by atoms with Gasteiger partial charge >= 0.3 is 0 Å². The number of amides is 1. The number of benzene rings is 2. The van der Waals surface area contributed by atoms with Gasteiger partial charge in [-0.1, -0.05) is 36.4 Å². The van der Waals surface area contributed by atoms with Gasteiger partial charge < -0.3 is 9.47 Å². The van der Waals surface area contributed by atoms with E-state index in [2.05, 4.69) is 9.39 Å². The zero-order valence-electron chi connectivity index (χ0n) is 17.1. The second-order valence-electron chi connectivity index (χ2n) is 6.86. The van der Waals surface area contributed by atoms with Crippen LogP contribution in [-0.4, -0.2) is 48.8 Å². The number of ether oxygens (including phenoxy) is 2. The predicted octanol–water partition coefficient (Wildman–Crippen LogP) is 2.90. The molecule has 164 valence electrons. The van der Waals surface area contributed by atoms with E-state index >= 15 is 0 Å². The zero-order chi connectivity index (χ0) is 22.9. The summed E-state index contributed by atoms with van der Waals surface area (Å²) in [5.41, 5.74) is 1.50. The normalized spacial score (nSPS) is 17.2. The second kappa shape index (κ2) is 8.60. The molecule has 0 bridgehead atoms. The van der Waals surface area contributed by atoms with Crippen molar-refractivity contribution in [3.05, 3.63) is 65.2 Å². The van der Waals surface area contributed by atoms with Crippen molar-refractivity contribution in [2.24, 2.45) is 9.39 Å². The van der Waals surface area contributed by atoms with E-state index in [1.54, 1.807) is 18.2 Å². The molecule has 2 aromatic carbocycles. The van der Waals surface area contributed by atoms with Crippen molar-refractivity contribution in [3.8, 4) is 11.5 Å². The minimum absolute atomic E-state index is 0.0415. The van der Waals surface area contributed by atoms with E-state index in [0.29, 0.717) is 23.7 Å². The number of sulfone groups is 1. The lowest BCUT2D eigenvalue weighted by Gasteiger charge is -2.23. The Morgan fingerprint density at radius 3 is 2.59 bits per heavy atom. The third-order valence-electron chi connectivity index (χ3n) is 4.56. The number of aliphatic imine (C=N–C) groups is 1. The van der Waals surface area contributed by atoms with Gasteiger partial charge in [0.15, 0.2) is 11.5 Å². The summed E-state index contributed by atoms with van der Waals surface area (Å²) >= 11 is 0.748. The van der Waals surface area contributed by atoms with Gasteiger partial charge in [0.2, 0.25) is 20.2 Å². The summed E-state index contributed by atoms with van der Waals surface area (Å²) in [4.78, 5) is 17.4. The highest BCUT2D eigenvalue weighted by Crippen LogP contribution is 2.32. The number of amidine groups is 3. The van der Waals surface area contributed by atoms with Crippen LogP contribution >= 0.6 is 11.9 Å². The predicted molar refractivity (Wildman–Crippen MR) is 124 cm³/mol. The lowest BCUT2D eigenvalue weighted by atomic mass is 10.1. The van der Waals surface area contributed by atoms with Crippen molar-refractivity contribution in [2.45, 2.75) is 6.61 Å². The van der Waals surface area contributed by atoms with Crippen LogP contribution in [0.4, 0.5) is 0 Å². The van der Waals surface area contributed by atoms with Crippen LogP contribution in [0.5, 0.6) is 11.5 Å². The quantitative estimate of drug-likeness (QED) is 0.527. The minimum Gasteiger partial charge on any atom is -0.493 e. The fourth-order valence-electron chi connectivity index (χ4n) is 3.03. The number of hydrogen-bond acceptors (Lipinski definition) is 8. The molecule has 2 aromatic rings. The molecule has 0 fully saturated rings. The van der Waals surface area contributed by atoms with Crippen molar-refractivity contribution >= 4 is 49.9 Å². The van der Waals surface area contributed by atoms with Gasteiger partial charge in [-0.15, -0.1) is 0 Å². The maximum Gasteiger partial charge on any atom is 0.283 e. The molecule has 11 heteroatoms. The van der Waals surface area contributed by atoms with E-state index in [9.17, 15) is 13.2 Å². The van der Waals surface area contributed by atoms with Crippen molar-refractivity contribution < 1.29 is 22.7 Å². The maximum absolute atomic E-state index is 12.5. The molecule has 32 heavy (non-hydrogen) atoms. The first-order valence-corrected chi connectivity index (χ1v) is 12.0. The lowest BCUT2D eigenvalue weighted by molar-refractivity contribution is -0.114. The van der Waals surface area contributed by atoms with Gasteiger partial charge in [0.25, 0.3) is 5.91 Å². The molecule has 9 nitrogen and oxygen atoms in total. The van der Waals surface area contributed by atoms with Crippen LogP contribution in [0, 0.1) is 5.41 Å². The number of hydrogen-bond donors (Lipinski definition) is 1. The number of fused-ring (bicyclic) bond motifs is 1. The molecule has 1 N–H and O–H groups in total. The number of rotatable bonds is 5. The van der Waals surface area contributed by atoms with E-state index in [4.69, 9.17) is 14.9 Å². The molecule has 0 saturated heterocycles. The van der Waals surface area contributed by atoms with Crippen molar-refractivity contribution in [3.63, 3.8) is 0 Å². The largest absolute Gasteiger partial charge is 0.493 e. The SMILES string of the molecule is COc1cc(/C=C2/C(=N)N3C(=NC2=O)SN=C3S(C)(=O)=O)ccc1OCc1ccccc1. The van der Waals surface area contributed by atoms with Gasteiger partial charge in [-0.2, -0.15) is 9.39 Å². The fraction of sp³-hybridized carbons (Fsp3) is 0.143. The number of methoxy groups -OCH3 is 1. The first-order chi connectivity index (χ1) is 15.3. The highest BCUT2D eigenvalue weighted by molar-refractivity contribution is 8.16. The Kier molecular flexibility index (Phi) is 5.85. The zero-order valence-corrected chi connectivity index (χ0v) is 18.7. The Balaban J connectivity index is 1.61. The summed E-state index contributed by atoms with van der Waals surface area (Å²) in [5, 5.41) is 8.12. The Hall–Kier alpha value is -3.44. The molecular formula is C21H18N4O5S2. The summed E-state index contributed by atoms with van der Waals surface area (Å²) in [6.45, 7) is 0.360. The summed E-state index contributed by atoms with van der Waals surface area (Å²) in [5.74, 6) is 0.00953. The maximum atomic E-state index is 12.5. The third kappa shape index (κ3) is 4.30. The van der Waals surface area contributed by atoms with E-state index in [-0.39, 0.29) is 21.7 Å². The van der Waals surface area contributed by atoms with Crippen LogP contribution in [-0.2, 0) is 21.2 Å². The Bertz CT molecular complexity index is 1300. The molecule has 2 aliphatic heterocycles. The van der Waals surface area contributed by atoms with E-state index < -0.39 is 15.7 Å². The number of nitrogens with zero attached hydrogens (tertiary/aromatic N) is 3. The molecule has 0 radical (unpaired) electrons. The average molecular weight is 471 g/mol. The van der Waals surface area contributed by atoms with Crippen molar-refractivity contribution in [2.75, 3.05) is 13.4 Å². The summed E-state index contributed by atoms with van der Waals surface area (Å²) in [6, 6.07) is 14.7. The first-order valence-electron chi connectivity index (χ1n) is 9.31. The van der Waals surface area contributed by atoms with Gasteiger partial charge in [-0.25, -0.2) is 13.3 Å². The molecule has 0 aromatic heterocycles.